The Kier molecular flexibility index (Phi) is 6.11. The van der Waals surface area contributed by atoms with Crippen molar-refractivity contribution in [2.75, 3.05) is 0 Å². The fourth-order valence-corrected chi connectivity index (χ4v) is 7.11. The molecule has 5 nitrogen and oxygen atoms in total. The van der Waals surface area contributed by atoms with Gasteiger partial charge in [0.1, 0.15) is 5.69 Å². The number of hydrogen-bond donors (Lipinski definition) is 0. The van der Waals surface area contributed by atoms with Crippen molar-refractivity contribution < 1.29 is 0 Å². The van der Waals surface area contributed by atoms with Gasteiger partial charge >= 0.3 is 0 Å². The van der Waals surface area contributed by atoms with Crippen molar-refractivity contribution in [1.82, 2.24) is 24.5 Å². The topological polar surface area (TPSA) is 56.5 Å². The molecule has 228 valence electrons. The highest BCUT2D eigenvalue weighted by atomic mass is 15.0. The number of pyridine rings is 1. The van der Waals surface area contributed by atoms with Gasteiger partial charge in [-0.05, 0) is 58.6 Å². The van der Waals surface area contributed by atoms with Crippen molar-refractivity contribution in [1.29, 1.82) is 0 Å². The standard InChI is InChI=1S/C44H27N5/c1-2-13-29(14-3-1)42-46-43(48-44(47-42)38-24-22-28-12-6-10-20-37(28)45-38)35-23-25-40(33-18-8-7-17-32(33)35)49-39-21-11-9-19-34(39)36-26-30-15-4-5-16-31(30)27-41(36)49/h1-27H. The lowest BCUT2D eigenvalue weighted by Gasteiger charge is -2.15. The summed E-state index contributed by atoms with van der Waals surface area (Å²) >= 11 is 0. The van der Waals surface area contributed by atoms with Gasteiger partial charge in [0, 0.05) is 32.7 Å². The SMILES string of the molecule is c1ccc(-c2nc(-c3ccc4ccccc4n3)nc(-c3ccc(-n4c5ccccc5c5cc6ccccc6cc54)c4ccccc34)n2)cc1. The van der Waals surface area contributed by atoms with Crippen molar-refractivity contribution in [3.8, 4) is 40.0 Å². The van der Waals surface area contributed by atoms with Gasteiger partial charge in [0.2, 0.25) is 0 Å². The Labute approximate surface area is 281 Å². The third-order valence-corrected chi connectivity index (χ3v) is 9.42. The van der Waals surface area contributed by atoms with Crippen molar-refractivity contribution in [2.45, 2.75) is 0 Å². The molecule has 0 aliphatic heterocycles. The highest BCUT2D eigenvalue weighted by molar-refractivity contribution is 6.15. The summed E-state index contributed by atoms with van der Waals surface area (Å²) < 4.78 is 2.40. The van der Waals surface area contributed by atoms with Gasteiger partial charge < -0.3 is 4.57 Å². The van der Waals surface area contributed by atoms with E-state index in [0.717, 1.165) is 38.5 Å². The van der Waals surface area contributed by atoms with Crippen molar-refractivity contribution in [2.24, 2.45) is 0 Å². The maximum atomic E-state index is 5.09. The van der Waals surface area contributed by atoms with E-state index in [9.17, 15) is 0 Å². The zero-order chi connectivity index (χ0) is 32.3. The maximum Gasteiger partial charge on any atom is 0.182 e. The van der Waals surface area contributed by atoms with Crippen LogP contribution in [0.5, 0.6) is 0 Å². The summed E-state index contributed by atoms with van der Waals surface area (Å²) in [5.41, 5.74) is 6.92. The smallest absolute Gasteiger partial charge is 0.182 e. The molecular formula is C44H27N5. The van der Waals surface area contributed by atoms with Gasteiger partial charge in [0.25, 0.3) is 0 Å². The van der Waals surface area contributed by atoms with Crippen LogP contribution in [-0.2, 0) is 0 Å². The highest BCUT2D eigenvalue weighted by Gasteiger charge is 2.19. The molecule has 0 radical (unpaired) electrons. The van der Waals surface area contributed by atoms with E-state index in [1.165, 1.54) is 32.6 Å². The second-order valence-electron chi connectivity index (χ2n) is 12.3. The summed E-state index contributed by atoms with van der Waals surface area (Å²) in [6.45, 7) is 0. The summed E-state index contributed by atoms with van der Waals surface area (Å²) in [6.07, 6.45) is 0. The number of nitrogens with zero attached hydrogens (tertiary/aromatic N) is 5. The van der Waals surface area contributed by atoms with Crippen LogP contribution < -0.4 is 0 Å². The van der Waals surface area contributed by atoms with Gasteiger partial charge in [-0.2, -0.15) is 0 Å². The summed E-state index contributed by atoms with van der Waals surface area (Å²) in [4.78, 5) is 20.1. The number of benzene rings is 7. The maximum absolute atomic E-state index is 5.09. The molecule has 0 aliphatic rings. The van der Waals surface area contributed by atoms with Crippen LogP contribution >= 0.6 is 0 Å². The normalized spacial score (nSPS) is 11.7. The second-order valence-corrected chi connectivity index (χ2v) is 12.3. The van der Waals surface area contributed by atoms with Crippen molar-refractivity contribution in [3.63, 3.8) is 0 Å². The van der Waals surface area contributed by atoms with Gasteiger partial charge in [-0.3, -0.25) is 0 Å². The Bertz CT molecular complexity index is 2890. The number of fused-ring (bicyclic) bond motifs is 6. The molecule has 0 unspecified atom stereocenters. The molecule has 10 rings (SSSR count). The van der Waals surface area contributed by atoms with Crippen LogP contribution in [0.3, 0.4) is 0 Å². The molecule has 0 fully saturated rings. The molecular weight excluding hydrogens is 599 g/mol. The average molecular weight is 626 g/mol. The predicted molar refractivity (Wildman–Crippen MR) is 201 cm³/mol. The van der Waals surface area contributed by atoms with Crippen LogP contribution in [0.1, 0.15) is 0 Å². The quantitative estimate of drug-likeness (QED) is 0.195. The van der Waals surface area contributed by atoms with E-state index in [2.05, 4.69) is 114 Å². The Balaban J connectivity index is 1.22. The fraction of sp³-hybridized carbons (Fsp3) is 0. The Morgan fingerprint density at radius 2 is 1.02 bits per heavy atom. The first-order valence-corrected chi connectivity index (χ1v) is 16.4. The summed E-state index contributed by atoms with van der Waals surface area (Å²) in [5.74, 6) is 1.75. The summed E-state index contributed by atoms with van der Waals surface area (Å²) in [5, 5.41) is 8.17. The first-order valence-electron chi connectivity index (χ1n) is 16.4. The Morgan fingerprint density at radius 3 is 1.88 bits per heavy atom. The zero-order valence-corrected chi connectivity index (χ0v) is 26.3. The number of aromatic nitrogens is 5. The lowest BCUT2D eigenvalue weighted by Crippen LogP contribution is -2.02. The van der Waals surface area contributed by atoms with E-state index < -0.39 is 0 Å². The largest absolute Gasteiger partial charge is 0.309 e. The number of rotatable bonds is 4. The van der Waals surface area contributed by atoms with Crippen LogP contribution in [0.15, 0.2) is 164 Å². The van der Waals surface area contributed by atoms with Crippen LogP contribution in [0.4, 0.5) is 0 Å². The molecule has 5 heteroatoms. The van der Waals surface area contributed by atoms with Gasteiger partial charge in [-0.1, -0.05) is 121 Å². The molecule has 0 saturated carbocycles. The molecule has 0 saturated heterocycles. The third kappa shape index (κ3) is 4.48. The van der Waals surface area contributed by atoms with Crippen LogP contribution in [-0.4, -0.2) is 24.5 Å². The molecule has 0 spiro atoms. The first kappa shape index (κ1) is 27.4. The third-order valence-electron chi connectivity index (χ3n) is 9.42. The van der Waals surface area contributed by atoms with Crippen molar-refractivity contribution >= 4 is 54.3 Å². The molecule has 0 bridgehead atoms. The van der Waals surface area contributed by atoms with Crippen LogP contribution in [0.25, 0.3) is 94.2 Å². The zero-order valence-electron chi connectivity index (χ0n) is 26.3. The molecule has 0 atom stereocenters. The minimum absolute atomic E-state index is 0.539. The highest BCUT2D eigenvalue weighted by Crippen LogP contribution is 2.39. The average Bonchev–Trinajstić information content (AvgIpc) is 3.49. The second kappa shape index (κ2) is 10.9. The van der Waals surface area contributed by atoms with E-state index in [1.54, 1.807) is 0 Å². The fourth-order valence-electron chi connectivity index (χ4n) is 7.11. The molecule has 0 amide bonds. The van der Waals surface area contributed by atoms with Gasteiger partial charge in [-0.25, -0.2) is 19.9 Å². The predicted octanol–water partition coefficient (Wildman–Crippen LogP) is 10.8. The molecule has 3 aromatic heterocycles. The Hall–Kier alpha value is -6.72. The van der Waals surface area contributed by atoms with E-state index >= 15 is 0 Å². The van der Waals surface area contributed by atoms with Gasteiger partial charge in [-0.15, -0.1) is 0 Å². The Morgan fingerprint density at radius 1 is 0.367 bits per heavy atom. The van der Waals surface area contributed by atoms with Gasteiger partial charge in [0.15, 0.2) is 17.5 Å². The van der Waals surface area contributed by atoms with E-state index in [4.69, 9.17) is 19.9 Å². The summed E-state index contributed by atoms with van der Waals surface area (Å²) in [7, 11) is 0. The number of hydrogen-bond acceptors (Lipinski definition) is 4. The molecule has 0 N–H and O–H groups in total. The van der Waals surface area contributed by atoms with E-state index in [-0.39, 0.29) is 0 Å². The summed E-state index contributed by atoms with van der Waals surface area (Å²) in [6, 6.07) is 57.0. The molecule has 10 aromatic rings. The lowest BCUT2D eigenvalue weighted by molar-refractivity contribution is 1.06. The molecule has 0 aliphatic carbocycles. The molecule has 3 heterocycles. The van der Waals surface area contributed by atoms with Crippen LogP contribution in [0.2, 0.25) is 0 Å². The number of para-hydroxylation sites is 2. The minimum Gasteiger partial charge on any atom is -0.309 e. The van der Waals surface area contributed by atoms with E-state index in [1.807, 2.05) is 54.6 Å². The first-order chi connectivity index (χ1) is 24.3. The van der Waals surface area contributed by atoms with Crippen molar-refractivity contribution in [3.05, 3.63) is 164 Å². The molecule has 49 heavy (non-hydrogen) atoms. The monoisotopic (exact) mass is 625 g/mol. The minimum atomic E-state index is 0.539. The molecule has 7 aromatic carbocycles. The lowest BCUT2D eigenvalue weighted by atomic mass is 10.0. The van der Waals surface area contributed by atoms with E-state index in [0.29, 0.717) is 23.2 Å². The van der Waals surface area contributed by atoms with Gasteiger partial charge in [0.05, 0.1) is 22.2 Å². The van der Waals surface area contributed by atoms with Crippen LogP contribution in [0, 0.1) is 0 Å².